The van der Waals surface area contributed by atoms with E-state index in [1.165, 1.54) is 0 Å². The normalized spacial score (nSPS) is 12.5. The Balaban J connectivity index is 3.75. The van der Waals surface area contributed by atoms with Crippen molar-refractivity contribution in [2.24, 2.45) is 0 Å². The number of carbonyl (C=O) groups excluding carboxylic acids is 1. The van der Waals surface area contributed by atoms with E-state index < -0.39 is 0 Å². The number of nitrogens with zero attached hydrogens (tertiary/aromatic N) is 1. The Kier molecular flexibility index (Phi) is 8.91. The summed E-state index contributed by atoms with van der Waals surface area (Å²) in [5.74, 6) is 1.28. The van der Waals surface area contributed by atoms with Gasteiger partial charge in [-0.05, 0) is 38.2 Å². The van der Waals surface area contributed by atoms with Crippen LogP contribution in [0.4, 0.5) is 0 Å². The minimum atomic E-state index is 0.180. The first-order valence-corrected chi connectivity index (χ1v) is 6.88. The maximum Gasteiger partial charge on any atom is 0.222 e. The number of aliphatic hydroxyl groups is 1. The third-order valence-electron chi connectivity index (χ3n) is 2.59. The molecule has 0 fully saturated rings. The van der Waals surface area contributed by atoms with Crippen molar-refractivity contribution in [3.63, 3.8) is 0 Å². The molecule has 0 radical (unpaired) electrons. The van der Waals surface area contributed by atoms with Crippen molar-refractivity contribution in [2.45, 2.75) is 38.6 Å². The Morgan fingerprint density at radius 1 is 1.47 bits per heavy atom. The van der Waals surface area contributed by atoms with Crippen LogP contribution in [0.2, 0.25) is 0 Å². The molecule has 1 N–H and O–H groups in total. The first-order chi connectivity index (χ1) is 7.13. The Labute approximate surface area is 97.2 Å². The number of unbranched alkanes of at least 4 members (excludes halogenated alkanes) is 1. The van der Waals surface area contributed by atoms with Gasteiger partial charge < -0.3 is 10.0 Å². The van der Waals surface area contributed by atoms with Crippen LogP contribution in [-0.4, -0.2) is 47.6 Å². The first kappa shape index (κ1) is 14.8. The summed E-state index contributed by atoms with van der Waals surface area (Å²) in [6, 6.07) is 0.319. The second kappa shape index (κ2) is 9.04. The first-order valence-electron chi connectivity index (χ1n) is 5.49. The predicted molar refractivity (Wildman–Crippen MR) is 66.2 cm³/mol. The van der Waals surface area contributed by atoms with Crippen molar-refractivity contribution >= 4 is 17.7 Å². The van der Waals surface area contributed by atoms with Gasteiger partial charge in [0.25, 0.3) is 0 Å². The number of hydrogen-bond donors (Lipinski definition) is 1. The number of carbonyl (C=O) groups is 1. The molecule has 0 aromatic rings. The molecule has 0 aliphatic rings. The van der Waals surface area contributed by atoms with Gasteiger partial charge in [-0.3, -0.25) is 4.79 Å². The fraction of sp³-hybridized carbons (Fsp3) is 0.909. The van der Waals surface area contributed by atoms with Gasteiger partial charge >= 0.3 is 0 Å². The topological polar surface area (TPSA) is 40.5 Å². The molecule has 1 atom stereocenters. The van der Waals surface area contributed by atoms with Crippen molar-refractivity contribution in [1.29, 1.82) is 0 Å². The van der Waals surface area contributed by atoms with Gasteiger partial charge in [0.15, 0.2) is 0 Å². The third-order valence-corrected chi connectivity index (χ3v) is 3.24. The molecule has 0 aromatic carbocycles. The van der Waals surface area contributed by atoms with Gasteiger partial charge in [-0.2, -0.15) is 11.8 Å². The molecule has 90 valence electrons. The van der Waals surface area contributed by atoms with Gasteiger partial charge in [-0.15, -0.1) is 0 Å². The van der Waals surface area contributed by atoms with Crippen molar-refractivity contribution in [3.05, 3.63) is 0 Å². The average molecular weight is 233 g/mol. The van der Waals surface area contributed by atoms with Gasteiger partial charge in [0.05, 0.1) is 0 Å². The van der Waals surface area contributed by atoms with E-state index in [-0.39, 0.29) is 12.5 Å². The maximum absolute atomic E-state index is 11.7. The number of amides is 1. The molecular formula is C11H23NO2S. The summed E-state index contributed by atoms with van der Waals surface area (Å²) in [5, 5.41) is 8.62. The SMILES string of the molecule is CSCCC(C)N(C)C(=O)CCCCO. The Morgan fingerprint density at radius 3 is 2.67 bits per heavy atom. The molecule has 0 bridgehead atoms. The van der Waals surface area contributed by atoms with Crippen molar-refractivity contribution < 1.29 is 9.90 Å². The molecule has 15 heavy (non-hydrogen) atoms. The largest absolute Gasteiger partial charge is 0.396 e. The molecule has 1 amide bonds. The van der Waals surface area contributed by atoms with Gasteiger partial charge in [-0.1, -0.05) is 0 Å². The van der Waals surface area contributed by atoms with E-state index in [1.54, 1.807) is 0 Å². The molecule has 0 rings (SSSR count). The van der Waals surface area contributed by atoms with Crippen LogP contribution < -0.4 is 0 Å². The van der Waals surface area contributed by atoms with Gasteiger partial charge in [0, 0.05) is 26.1 Å². The molecule has 0 heterocycles. The van der Waals surface area contributed by atoms with Crippen molar-refractivity contribution in [1.82, 2.24) is 4.90 Å². The van der Waals surface area contributed by atoms with Crippen LogP contribution in [-0.2, 0) is 4.79 Å². The number of aliphatic hydroxyl groups excluding tert-OH is 1. The zero-order valence-electron chi connectivity index (χ0n) is 10.0. The monoisotopic (exact) mass is 233 g/mol. The van der Waals surface area contributed by atoms with Crippen LogP contribution in [0, 0.1) is 0 Å². The van der Waals surface area contributed by atoms with Crippen LogP contribution in [0.15, 0.2) is 0 Å². The molecule has 0 aliphatic heterocycles. The molecule has 4 heteroatoms. The summed E-state index contributed by atoms with van der Waals surface area (Å²) in [7, 11) is 1.87. The highest BCUT2D eigenvalue weighted by atomic mass is 32.2. The van der Waals surface area contributed by atoms with Gasteiger partial charge in [0.2, 0.25) is 5.91 Å². The highest BCUT2D eigenvalue weighted by Crippen LogP contribution is 2.08. The highest BCUT2D eigenvalue weighted by molar-refractivity contribution is 7.98. The second-order valence-electron chi connectivity index (χ2n) is 3.82. The van der Waals surface area contributed by atoms with Crippen molar-refractivity contribution in [3.8, 4) is 0 Å². The molecule has 0 spiro atoms. The lowest BCUT2D eigenvalue weighted by atomic mass is 10.2. The minimum absolute atomic E-state index is 0.180. The number of hydrogen-bond acceptors (Lipinski definition) is 3. The van der Waals surface area contributed by atoms with E-state index in [0.29, 0.717) is 12.5 Å². The number of rotatable bonds is 8. The zero-order chi connectivity index (χ0) is 11.7. The van der Waals surface area contributed by atoms with Gasteiger partial charge in [-0.25, -0.2) is 0 Å². The summed E-state index contributed by atoms with van der Waals surface area (Å²) < 4.78 is 0. The van der Waals surface area contributed by atoms with E-state index in [2.05, 4.69) is 13.2 Å². The molecule has 0 aromatic heterocycles. The van der Waals surface area contributed by atoms with Crippen LogP contribution in [0.1, 0.15) is 32.6 Å². The van der Waals surface area contributed by atoms with E-state index in [0.717, 1.165) is 25.0 Å². The van der Waals surface area contributed by atoms with Crippen LogP contribution in [0.3, 0.4) is 0 Å². The Bertz CT molecular complexity index is 176. The summed E-state index contributed by atoms with van der Waals surface area (Å²) in [5.41, 5.74) is 0. The maximum atomic E-state index is 11.7. The predicted octanol–water partition coefficient (Wildman–Crippen LogP) is 1.75. The molecule has 3 nitrogen and oxygen atoms in total. The summed E-state index contributed by atoms with van der Waals surface area (Å²) in [6.07, 6.45) is 5.19. The number of thioether (sulfide) groups is 1. The molecule has 0 saturated heterocycles. The lowest BCUT2D eigenvalue weighted by Crippen LogP contribution is -2.35. The Hall–Kier alpha value is -0.220. The van der Waals surface area contributed by atoms with E-state index in [4.69, 9.17) is 5.11 Å². The highest BCUT2D eigenvalue weighted by Gasteiger charge is 2.14. The molecule has 0 saturated carbocycles. The van der Waals surface area contributed by atoms with Crippen molar-refractivity contribution in [2.75, 3.05) is 25.7 Å². The Morgan fingerprint density at radius 2 is 2.13 bits per heavy atom. The quantitative estimate of drug-likeness (QED) is 0.649. The lowest BCUT2D eigenvalue weighted by Gasteiger charge is -2.24. The fourth-order valence-electron chi connectivity index (χ4n) is 1.29. The lowest BCUT2D eigenvalue weighted by molar-refractivity contribution is -0.131. The van der Waals surface area contributed by atoms with Crippen LogP contribution in [0.25, 0.3) is 0 Å². The summed E-state index contributed by atoms with van der Waals surface area (Å²) >= 11 is 1.81. The standard InChI is InChI=1S/C11H23NO2S/c1-10(7-9-15-3)12(2)11(14)6-4-5-8-13/h10,13H,4-9H2,1-3H3. The average Bonchev–Trinajstić information content (AvgIpc) is 2.24. The molecule has 1 unspecified atom stereocenters. The second-order valence-corrected chi connectivity index (χ2v) is 4.80. The molecular weight excluding hydrogens is 210 g/mol. The van der Waals surface area contributed by atoms with E-state index >= 15 is 0 Å². The van der Waals surface area contributed by atoms with Gasteiger partial charge in [0.1, 0.15) is 0 Å². The summed E-state index contributed by atoms with van der Waals surface area (Å²) in [4.78, 5) is 13.5. The van der Waals surface area contributed by atoms with Crippen LogP contribution in [0.5, 0.6) is 0 Å². The summed E-state index contributed by atoms with van der Waals surface area (Å²) in [6.45, 7) is 2.26. The fourth-order valence-corrected chi connectivity index (χ4v) is 1.87. The zero-order valence-corrected chi connectivity index (χ0v) is 10.8. The van der Waals surface area contributed by atoms with Crippen LogP contribution >= 0.6 is 11.8 Å². The molecule has 0 aliphatic carbocycles. The van der Waals surface area contributed by atoms with E-state index in [9.17, 15) is 4.79 Å². The van der Waals surface area contributed by atoms with E-state index in [1.807, 2.05) is 23.7 Å². The smallest absolute Gasteiger partial charge is 0.222 e. The third kappa shape index (κ3) is 6.79. The minimum Gasteiger partial charge on any atom is -0.396 e.